The van der Waals surface area contributed by atoms with Crippen LogP contribution in [0.1, 0.15) is 38.5 Å². The third kappa shape index (κ3) is 14.2. The van der Waals surface area contributed by atoms with Crippen molar-refractivity contribution in [2.24, 2.45) is 0 Å². The second-order valence-electron chi connectivity index (χ2n) is 3.47. The largest absolute Gasteiger partial charge is 0.320 e. The molecular formula is C9H21NO3S2. The molecule has 0 fully saturated rings. The second kappa shape index (κ2) is 9.45. The monoisotopic (exact) mass is 255 g/mol. The lowest BCUT2D eigenvalue weighted by Crippen LogP contribution is -2.06. The summed E-state index contributed by atoms with van der Waals surface area (Å²) in [6.45, 7) is 1.07. The van der Waals surface area contributed by atoms with Crippen molar-refractivity contribution in [2.75, 3.05) is 19.3 Å². The Morgan fingerprint density at radius 3 is 2.13 bits per heavy atom. The highest BCUT2D eigenvalue weighted by Crippen LogP contribution is 2.13. The predicted molar refractivity (Wildman–Crippen MR) is 65.6 cm³/mol. The summed E-state index contributed by atoms with van der Waals surface area (Å²) in [5.41, 5.74) is 0. The zero-order valence-corrected chi connectivity index (χ0v) is 10.9. The number of hydrogen-bond donors (Lipinski definition) is 2. The maximum absolute atomic E-state index is 10.3. The first kappa shape index (κ1) is 15.2. The molecule has 0 aromatic rings. The van der Waals surface area contributed by atoms with E-state index < -0.39 is 9.15 Å². The lowest BCUT2D eigenvalue weighted by molar-refractivity contribution is 0.503. The molecule has 0 amide bonds. The number of unbranched alkanes of at least 4 members (excludes halogenated alkanes) is 5. The van der Waals surface area contributed by atoms with Crippen LogP contribution in [0.3, 0.4) is 0 Å². The van der Waals surface area contributed by atoms with Gasteiger partial charge in [-0.1, -0.05) is 25.7 Å². The predicted octanol–water partition coefficient (Wildman–Crippen LogP) is 2.08. The highest BCUT2D eigenvalue weighted by Gasteiger charge is 2.03. The molecule has 0 aromatic carbocycles. The lowest BCUT2D eigenvalue weighted by atomic mass is 10.1. The van der Waals surface area contributed by atoms with Crippen LogP contribution in [0.15, 0.2) is 0 Å². The fraction of sp³-hybridized carbons (Fsp3) is 1.00. The summed E-state index contributed by atoms with van der Waals surface area (Å²) < 4.78 is 29.1. The Morgan fingerprint density at radius 2 is 1.60 bits per heavy atom. The van der Waals surface area contributed by atoms with Gasteiger partial charge in [-0.2, -0.15) is 8.42 Å². The number of rotatable bonds is 10. The minimum atomic E-state index is -3.82. The standard InChI is InChI=1S/C9H21NO3S2/c1-10-8-6-4-2-3-5-7-9-14-15(11,12)13/h10H,2-9H2,1H3,(H,11,12,13). The molecule has 0 rings (SSSR count). The average Bonchev–Trinajstić information content (AvgIpc) is 2.14. The van der Waals surface area contributed by atoms with Crippen LogP contribution >= 0.6 is 10.8 Å². The van der Waals surface area contributed by atoms with Gasteiger partial charge in [0.1, 0.15) is 0 Å². The lowest BCUT2D eigenvalue weighted by Gasteiger charge is -2.01. The summed E-state index contributed by atoms with van der Waals surface area (Å²) in [6, 6.07) is 0. The molecular weight excluding hydrogens is 234 g/mol. The Bertz CT molecular complexity index is 230. The van der Waals surface area contributed by atoms with E-state index in [9.17, 15) is 8.42 Å². The quantitative estimate of drug-likeness (QED) is 0.355. The maximum Gasteiger partial charge on any atom is 0.319 e. The molecule has 0 aliphatic carbocycles. The summed E-state index contributed by atoms with van der Waals surface area (Å²) in [7, 11) is -1.25. The van der Waals surface area contributed by atoms with E-state index in [0.29, 0.717) is 16.5 Å². The summed E-state index contributed by atoms with van der Waals surface area (Å²) in [6.07, 6.45) is 6.69. The molecule has 4 nitrogen and oxygen atoms in total. The van der Waals surface area contributed by atoms with E-state index in [0.717, 1.165) is 25.8 Å². The first-order chi connectivity index (χ1) is 7.06. The minimum Gasteiger partial charge on any atom is -0.320 e. The molecule has 0 aromatic heterocycles. The highest BCUT2D eigenvalue weighted by molar-refractivity contribution is 8.69. The van der Waals surface area contributed by atoms with Gasteiger partial charge in [-0.25, -0.2) is 0 Å². The third-order valence-corrected chi connectivity index (χ3v) is 4.20. The van der Waals surface area contributed by atoms with Crippen LogP contribution in [0.5, 0.6) is 0 Å². The van der Waals surface area contributed by atoms with Gasteiger partial charge in [0.05, 0.1) is 0 Å². The second-order valence-corrected chi connectivity index (χ2v) is 6.94. The Hall–Kier alpha value is 0.220. The maximum atomic E-state index is 10.3. The van der Waals surface area contributed by atoms with Gasteiger partial charge in [-0.3, -0.25) is 4.55 Å². The normalized spacial score (nSPS) is 11.9. The molecule has 0 saturated carbocycles. The molecule has 0 unspecified atom stereocenters. The first-order valence-electron chi connectivity index (χ1n) is 5.32. The van der Waals surface area contributed by atoms with Crippen molar-refractivity contribution in [3.63, 3.8) is 0 Å². The van der Waals surface area contributed by atoms with E-state index in [-0.39, 0.29) is 0 Å². The van der Waals surface area contributed by atoms with Gasteiger partial charge in [0.15, 0.2) is 0 Å². The summed E-state index contributed by atoms with van der Waals surface area (Å²) in [5.74, 6) is 0.495. The van der Waals surface area contributed by atoms with E-state index in [4.69, 9.17) is 4.55 Å². The summed E-state index contributed by atoms with van der Waals surface area (Å²) in [5, 5.41) is 3.10. The van der Waals surface area contributed by atoms with Crippen molar-refractivity contribution < 1.29 is 13.0 Å². The minimum absolute atomic E-state index is 0.495. The molecule has 0 radical (unpaired) electrons. The first-order valence-corrected chi connectivity index (χ1v) is 8.27. The van der Waals surface area contributed by atoms with Crippen LogP contribution in [-0.4, -0.2) is 32.3 Å². The molecule has 0 saturated heterocycles. The van der Waals surface area contributed by atoms with Gasteiger partial charge in [0.2, 0.25) is 0 Å². The van der Waals surface area contributed by atoms with Gasteiger partial charge in [-0.05, 0) is 37.2 Å². The SMILES string of the molecule is CNCCCCCCCCSS(=O)(=O)O. The average molecular weight is 255 g/mol. The number of nitrogens with one attached hydrogen (secondary N) is 1. The molecule has 92 valence electrons. The third-order valence-electron chi connectivity index (χ3n) is 2.05. The van der Waals surface area contributed by atoms with Crippen molar-refractivity contribution in [1.82, 2.24) is 5.32 Å². The van der Waals surface area contributed by atoms with Gasteiger partial charge in [0, 0.05) is 5.75 Å². The topological polar surface area (TPSA) is 66.4 Å². The Kier molecular flexibility index (Phi) is 9.58. The molecule has 0 atom stereocenters. The fourth-order valence-electron chi connectivity index (χ4n) is 1.28. The van der Waals surface area contributed by atoms with Crippen molar-refractivity contribution in [3.05, 3.63) is 0 Å². The van der Waals surface area contributed by atoms with Crippen LogP contribution < -0.4 is 5.32 Å². The van der Waals surface area contributed by atoms with Crippen molar-refractivity contribution in [1.29, 1.82) is 0 Å². The Morgan fingerprint density at radius 1 is 1.07 bits per heavy atom. The van der Waals surface area contributed by atoms with Crippen molar-refractivity contribution in [2.45, 2.75) is 38.5 Å². The van der Waals surface area contributed by atoms with E-state index in [1.54, 1.807) is 0 Å². The van der Waals surface area contributed by atoms with Crippen LogP contribution in [0.2, 0.25) is 0 Å². The smallest absolute Gasteiger partial charge is 0.319 e. The van der Waals surface area contributed by atoms with E-state index >= 15 is 0 Å². The van der Waals surface area contributed by atoms with Gasteiger partial charge >= 0.3 is 9.15 Å². The molecule has 0 aliphatic heterocycles. The van der Waals surface area contributed by atoms with Gasteiger partial charge in [-0.15, -0.1) is 0 Å². The molecule has 0 heterocycles. The van der Waals surface area contributed by atoms with Gasteiger partial charge in [0.25, 0.3) is 0 Å². The van der Waals surface area contributed by atoms with Crippen LogP contribution in [0, 0.1) is 0 Å². The van der Waals surface area contributed by atoms with Crippen LogP contribution in [0.4, 0.5) is 0 Å². The van der Waals surface area contributed by atoms with E-state index in [2.05, 4.69) is 5.32 Å². The van der Waals surface area contributed by atoms with E-state index in [1.807, 2.05) is 7.05 Å². The molecule has 2 N–H and O–H groups in total. The molecule has 0 spiro atoms. The molecule has 6 heteroatoms. The molecule has 0 aliphatic rings. The zero-order valence-electron chi connectivity index (χ0n) is 9.24. The van der Waals surface area contributed by atoms with Crippen molar-refractivity contribution >= 4 is 19.9 Å². The Labute approximate surface area is 96.4 Å². The summed E-state index contributed by atoms with van der Waals surface area (Å²) >= 11 is 0. The highest BCUT2D eigenvalue weighted by atomic mass is 33.1. The number of hydrogen-bond acceptors (Lipinski definition) is 4. The van der Waals surface area contributed by atoms with Crippen molar-refractivity contribution in [3.8, 4) is 0 Å². The summed E-state index contributed by atoms with van der Waals surface area (Å²) in [4.78, 5) is 0. The van der Waals surface area contributed by atoms with Gasteiger partial charge < -0.3 is 5.32 Å². The fourth-order valence-corrected chi connectivity index (χ4v) is 2.79. The molecule has 0 bridgehead atoms. The Balaban J connectivity index is 3.06. The zero-order chi connectivity index (χ0) is 11.6. The molecule has 15 heavy (non-hydrogen) atoms. The van der Waals surface area contributed by atoms with E-state index in [1.165, 1.54) is 19.3 Å². The van der Waals surface area contributed by atoms with Crippen LogP contribution in [0.25, 0.3) is 0 Å². The van der Waals surface area contributed by atoms with Crippen LogP contribution in [-0.2, 0) is 9.15 Å².